The molecule has 1 aliphatic rings. The molecule has 8 heteroatoms. The van der Waals surface area contributed by atoms with Gasteiger partial charge in [-0.3, -0.25) is 4.57 Å². The fraction of sp³-hybridized carbons (Fsp3) is 0.278. The van der Waals surface area contributed by atoms with Crippen molar-refractivity contribution >= 4 is 39.3 Å². The van der Waals surface area contributed by atoms with Gasteiger partial charge in [0.15, 0.2) is 9.50 Å². The van der Waals surface area contributed by atoms with Crippen molar-refractivity contribution in [3.05, 3.63) is 48.4 Å². The van der Waals surface area contributed by atoms with E-state index in [1.165, 1.54) is 17.5 Å². The molecule has 132 valence electrons. The number of rotatable bonds is 5. The van der Waals surface area contributed by atoms with E-state index in [0.29, 0.717) is 6.54 Å². The van der Waals surface area contributed by atoms with Crippen LogP contribution >= 0.6 is 23.1 Å². The van der Waals surface area contributed by atoms with Crippen molar-refractivity contribution in [2.75, 3.05) is 18.0 Å². The summed E-state index contributed by atoms with van der Waals surface area (Å²) in [6.07, 6.45) is 4.11. The van der Waals surface area contributed by atoms with Gasteiger partial charge >= 0.3 is 0 Å². The van der Waals surface area contributed by atoms with E-state index in [4.69, 9.17) is 9.40 Å². The molecule has 0 radical (unpaired) electrons. The number of fused-ring (bicyclic) bond motifs is 1. The minimum atomic E-state index is 0.624. The predicted octanol–water partition coefficient (Wildman–Crippen LogP) is 4.28. The summed E-state index contributed by atoms with van der Waals surface area (Å²) in [5.74, 6) is 1.82. The Morgan fingerprint density at radius 3 is 2.77 bits per heavy atom. The first kappa shape index (κ1) is 15.9. The third-order valence-corrected chi connectivity index (χ3v) is 6.51. The lowest BCUT2D eigenvalue weighted by atomic mass is 10.3. The van der Waals surface area contributed by atoms with Crippen LogP contribution in [0.25, 0.3) is 10.2 Å². The highest BCUT2D eigenvalue weighted by molar-refractivity contribution is 8.01. The summed E-state index contributed by atoms with van der Waals surface area (Å²) >= 11 is 3.25. The molecule has 1 saturated heterocycles. The average molecular weight is 384 g/mol. The van der Waals surface area contributed by atoms with Crippen LogP contribution in [0.15, 0.2) is 56.6 Å². The number of nitrogens with zero attached hydrogens (tertiary/aromatic N) is 5. The molecular weight excluding hydrogens is 366 g/mol. The molecule has 1 fully saturated rings. The second-order valence-corrected chi connectivity index (χ2v) is 8.44. The number of furan rings is 1. The van der Waals surface area contributed by atoms with Gasteiger partial charge in [0.1, 0.15) is 5.76 Å². The quantitative estimate of drug-likeness (QED) is 0.513. The highest BCUT2D eigenvalue weighted by Gasteiger charge is 2.23. The summed E-state index contributed by atoms with van der Waals surface area (Å²) in [6, 6.07) is 12.1. The highest BCUT2D eigenvalue weighted by Crippen LogP contribution is 2.35. The van der Waals surface area contributed by atoms with Crippen LogP contribution in [0.4, 0.5) is 5.95 Å². The largest absolute Gasteiger partial charge is 0.467 e. The van der Waals surface area contributed by atoms with Gasteiger partial charge in [0.2, 0.25) is 5.95 Å². The zero-order valence-electron chi connectivity index (χ0n) is 14.0. The summed E-state index contributed by atoms with van der Waals surface area (Å²) in [5.41, 5.74) is 1.02. The van der Waals surface area contributed by atoms with Crippen molar-refractivity contribution in [3.63, 3.8) is 0 Å². The molecule has 0 bridgehead atoms. The first-order valence-electron chi connectivity index (χ1n) is 8.61. The number of aromatic nitrogens is 4. The van der Waals surface area contributed by atoms with Gasteiger partial charge in [-0.1, -0.05) is 12.1 Å². The highest BCUT2D eigenvalue weighted by atomic mass is 32.2. The normalized spacial score (nSPS) is 14.5. The Hall–Kier alpha value is -2.32. The van der Waals surface area contributed by atoms with E-state index in [1.54, 1.807) is 29.4 Å². The molecule has 4 heterocycles. The molecule has 3 aromatic heterocycles. The molecule has 4 aromatic rings. The molecule has 0 amide bonds. The second-order valence-electron chi connectivity index (χ2n) is 6.19. The summed E-state index contributed by atoms with van der Waals surface area (Å²) in [6.45, 7) is 2.68. The van der Waals surface area contributed by atoms with E-state index in [9.17, 15) is 0 Å². The van der Waals surface area contributed by atoms with Crippen LogP contribution < -0.4 is 4.90 Å². The van der Waals surface area contributed by atoms with E-state index < -0.39 is 0 Å². The predicted molar refractivity (Wildman–Crippen MR) is 103 cm³/mol. The average Bonchev–Trinajstić information content (AvgIpc) is 3.43. The van der Waals surface area contributed by atoms with Crippen molar-refractivity contribution in [2.45, 2.75) is 28.9 Å². The minimum Gasteiger partial charge on any atom is -0.467 e. The lowest BCUT2D eigenvalue weighted by Gasteiger charge is -2.17. The molecule has 5 rings (SSSR count). The number of hydrogen-bond donors (Lipinski definition) is 0. The van der Waals surface area contributed by atoms with Crippen LogP contribution in [0, 0.1) is 0 Å². The number of hydrogen-bond acceptors (Lipinski definition) is 7. The molecule has 6 nitrogen and oxygen atoms in total. The molecular formula is C18H17N5OS2. The first-order valence-corrected chi connectivity index (χ1v) is 10.2. The lowest BCUT2D eigenvalue weighted by molar-refractivity contribution is 0.483. The van der Waals surface area contributed by atoms with Crippen LogP contribution in [-0.4, -0.2) is 32.8 Å². The fourth-order valence-corrected chi connectivity index (χ4v) is 5.17. The number of thiazole rings is 1. The number of para-hydroxylation sites is 1. The molecule has 0 saturated carbocycles. The van der Waals surface area contributed by atoms with Crippen LogP contribution in [0.1, 0.15) is 18.6 Å². The van der Waals surface area contributed by atoms with Crippen LogP contribution in [0.3, 0.4) is 0 Å². The molecule has 1 aromatic carbocycles. The SMILES string of the molecule is c1coc(Cn2c(Sc3nc4ccccc4s3)nnc2N2CCCC2)c1. The lowest BCUT2D eigenvalue weighted by Crippen LogP contribution is -2.22. The van der Waals surface area contributed by atoms with E-state index in [-0.39, 0.29) is 0 Å². The van der Waals surface area contributed by atoms with Gasteiger partial charge in [-0.25, -0.2) is 4.98 Å². The van der Waals surface area contributed by atoms with Gasteiger partial charge in [0.25, 0.3) is 0 Å². The van der Waals surface area contributed by atoms with Crippen LogP contribution in [0.2, 0.25) is 0 Å². The Bertz CT molecular complexity index is 985. The van der Waals surface area contributed by atoms with Crippen molar-refractivity contribution in [3.8, 4) is 0 Å². The number of benzene rings is 1. The zero-order valence-corrected chi connectivity index (χ0v) is 15.7. The Balaban J connectivity index is 1.50. The smallest absolute Gasteiger partial charge is 0.228 e. The maximum atomic E-state index is 5.56. The molecule has 0 spiro atoms. The molecule has 1 aliphatic heterocycles. The second kappa shape index (κ2) is 6.77. The molecule has 0 aliphatic carbocycles. The van der Waals surface area contributed by atoms with Gasteiger partial charge in [-0.05, 0) is 48.9 Å². The van der Waals surface area contributed by atoms with Gasteiger partial charge in [-0.2, -0.15) is 0 Å². The molecule has 0 unspecified atom stereocenters. The summed E-state index contributed by atoms with van der Waals surface area (Å²) in [4.78, 5) is 7.02. The first-order chi connectivity index (χ1) is 12.9. The van der Waals surface area contributed by atoms with E-state index in [0.717, 1.165) is 39.8 Å². The standard InChI is InChI=1S/C18H17N5OS2/c1-2-8-15-14(7-1)19-18(25-15)26-17-21-20-16(22-9-3-4-10-22)23(17)12-13-6-5-11-24-13/h1-2,5-8,11H,3-4,9-10,12H2. The summed E-state index contributed by atoms with van der Waals surface area (Å²) in [5, 5.41) is 9.80. The van der Waals surface area contributed by atoms with Crippen LogP contribution in [-0.2, 0) is 6.54 Å². The van der Waals surface area contributed by atoms with Crippen molar-refractivity contribution in [1.82, 2.24) is 19.7 Å². The van der Waals surface area contributed by atoms with E-state index >= 15 is 0 Å². The summed E-state index contributed by atoms with van der Waals surface area (Å²) in [7, 11) is 0. The monoisotopic (exact) mass is 383 g/mol. The Labute approximate surface area is 158 Å². The van der Waals surface area contributed by atoms with Gasteiger partial charge < -0.3 is 9.32 Å². The Morgan fingerprint density at radius 1 is 1.08 bits per heavy atom. The van der Waals surface area contributed by atoms with Gasteiger partial charge in [0.05, 0.1) is 23.0 Å². The van der Waals surface area contributed by atoms with E-state index in [1.807, 2.05) is 30.3 Å². The Kier molecular flexibility index (Phi) is 4.14. The van der Waals surface area contributed by atoms with Crippen molar-refractivity contribution in [1.29, 1.82) is 0 Å². The molecule has 26 heavy (non-hydrogen) atoms. The maximum Gasteiger partial charge on any atom is 0.228 e. The van der Waals surface area contributed by atoms with Gasteiger partial charge in [-0.15, -0.1) is 21.5 Å². The van der Waals surface area contributed by atoms with Gasteiger partial charge in [0, 0.05) is 13.1 Å². The third-order valence-electron chi connectivity index (χ3n) is 4.43. The Morgan fingerprint density at radius 2 is 1.96 bits per heavy atom. The van der Waals surface area contributed by atoms with Crippen molar-refractivity contribution in [2.24, 2.45) is 0 Å². The fourth-order valence-electron chi connectivity index (χ4n) is 3.18. The minimum absolute atomic E-state index is 0.624. The van der Waals surface area contributed by atoms with E-state index in [2.05, 4.69) is 25.7 Å². The number of anilines is 1. The topological polar surface area (TPSA) is 60.0 Å². The summed E-state index contributed by atoms with van der Waals surface area (Å²) < 4.78 is 9.87. The zero-order chi connectivity index (χ0) is 17.3. The third kappa shape index (κ3) is 2.99. The van der Waals surface area contributed by atoms with Crippen molar-refractivity contribution < 1.29 is 4.42 Å². The van der Waals surface area contributed by atoms with Crippen LogP contribution in [0.5, 0.6) is 0 Å². The maximum absolute atomic E-state index is 5.56. The molecule has 0 atom stereocenters. The molecule has 0 N–H and O–H groups in total.